The molecule has 4 N–H and O–H groups in total. The standard InChI is InChI=1S/C26H31N5O2/c1-26(2,3)33-25(32)31-11-9-17(10-12-31)18-5-6-20(22(27)14-18)15-23(28)19-7-8-24-21(13-19)16-30(4)29-24/h5-9,13-16H,10-12,27-28H2,1-4H3/b23-15-. The molecule has 172 valence electrons. The summed E-state index contributed by atoms with van der Waals surface area (Å²) in [6.07, 6.45) is 6.40. The Morgan fingerprint density at radius 3 is 2.64 bits per heavy atom. The monoisotopic (exact) mass is 445 g/mol. The molecule has 0 unspecified atom stereocenters. The maximum absolute atomic E-state index is 12.3. The lowest BCUT2D eigenvalue weighted by Crippen LogP contribution is -2.39. The zero-order valence-corrected chi connectivity index (χ0v) is 19.6. The summed E-state index contributed by atoms with van der Waals surface area (Å²) < 4.78 is 7.26. The fraction of sp³-hybridized carbons (Fsp3) is 0.308. The third-order valence-corrected chi connectivity index (χ3v) is 5.58. The number of fused-ring (bicyclic) bond motifs is 1. The van der Waals surface area contributed by atoms with E-state index in [-0.39, 0.29) is 6.09 Å². The van der Waals surface area contributed by atoms with Crippen molar-refractivity contribution in [3.8, 4) is 0 Å². The van der Waals surface area contributed by atoms with Crippen LogP contribution in [0.15, 0.2) is 48.7 Å². The molecule has 0 aliphatic carbocycles. The predicted molar refractivity (Wildman–Crippen MR) is 134 cm³/mol. The molecule has 0 saturated heterocycles. The zero-order chi connectivity index (χ0) is 23.8. The van der Waals surface area contributed by atoms with Crippen molar-refractivity contribution < 1.29 is 9.53 Å². The molecule has 3 aromatic rings. The summed E-state index contributed by atoms with van der Waals surface area (Å²) in [7, 11) is 1.90. The first kappa shape index (κ1) is 22.5. The number of hydrogen-bond donors (Lipinski definition) is 2. The van der Waals surface area contributed by atoms with Crippen LogP contribution >= 0.6 is 0 Å². The Bertz CT molecular complexity index is 1260. The van der Waals surface area contributed by atoms with Crippen molar-refractivity contribution in [2.75, 3.05) is 18.8 Å². The normalized spacial score (nSPS) is 15.0. The number of nitrogen functional groups attached to an aromatic ring is 1. The Hall–Kier alpha value is -3.74. The number of aromatic nitrogens is 2. The molecule has 1 aliphatic heterocycles. The van der Waals surface area contributed by atoms with E-state index in [2.05, 4.69) is 17.2 Å². The maximum atomic E-state index is 12.3. The SMILES string of the molecule is Cn1cc2cc(/C(N)=C/c3ccc(C4=CCN(C(=O)OC(C)(C)C)CC4)cc3N)ccc2n1. The van der Waals surface area contributed by atoms with Gasteiger partial charge in [-0.2, -0.15) is 5.10 Å². The number of anilines is 1. The number of carbonyl (C=O) groups excluding carboxylic acids is 1. The second kappa shape index (κ2) is 8.65. The number of amides is 1. The van der Waals surface area contributed by atoms with Crippen molar-refractivity contribution in [1.29, 1.82) is 0 Å². The summed E-state index contributed by atoms with van der Waals surface area (Å²) in [6.45, 7) is 6.76. The molecular weight excluding hydrogens is 414 g/mol. The molecule has 0 bridgehead atoms. The largest absolute Gasteiger partial charge is 0.444 e. The molecule has 33 heavy (non-hydrogen) atoms. The van der Waals surface area contributed by atoms with E-state index in [9.17, 15) is 4.79 Å². The van der Waals surface area contributed by atoms with E-state index < -0.39 is 5.60 Å². The molecule has 1 aromatic heterocycles. The maximum Gasteiger partial charge on any atom is 0.410 e. The average Bonchev–Trinajstić information content (AvgIpc) is 3.13. The predicted octanol–water partition coefficient (Wildman–Crippen LogP) is 4.64. The van der Waals surface area contributed by atoms with Crippen molar-refractivity contribution >= 4 is 40.0 Å². The number of carbonyl (C=O) groups is 1. The molecule has 0 radical (unpaired) electrons. The van der Waals surface area contributed by atoms with E-state index in [4.69, 9.17) is 16.2 Å². The van der Waals surface area contributed by atoms with Gasteiger partial charge in [-0.1, -0.05) is 24.3 Å². The molecule has 7 nitrogen and oxygen atoms in total. The molecule has 0 atom stereocenters. The van der Waals surface area contributed by atoms with Crippen molar-refractivity contribution in [2.24, 2.45) is 12.8 Å². The third kappa shape index (κ3) is 5.19. The van der Waals surface area contributed by atoms with Gasteiger partial charge >= 0.3 is 6.09 Å². The van der Waals surface area contributed by atoms with Crippen molar-refractivity contribution in [1.82, 2.24) is 14.7 Å². The summed E-state index contributed by atoms with van der Waals surface area (Å²) in [5.74, 6) is 0. The Morgan fingerprint density at radius 2 is 1.97 bits per heavy atom. The lowest BCUT2D eigenvalue weighted by molar-refractivity contribution is 0.0270. The van der Waals surface area contributed by atoms with Crippen molar-refractivity contribution in [3.05, 3.63) is 65.4 Å². The van der Waals surface area contributed by atoms with E-state index in [1.54, 1.807) is 9.58 Å². The van der Waals surface area contributed by atoms with E-state index in [1.807, 2.05) is 70.4 Å². The van der Waals surface area contributed by atoms with Crippen LogP contribution in [0.25, 0.3) is 28.2 Å². The van der Waals surface area contributed by atoms with Gasteiger partial charge in [-0.05, 0) is 73.7 Å². The number of aryl methyl sites for hydroxylation is 1. The highest BCUT2D eigenvalue weighted by Crippen LogP contribution is 2.28. The lowest BCUT2D eigenvalue weighted by atomic mass is 9.97. The fourth-order valence-corrected chi connectivity index (χ4v) is 3.91. The van der Waals surface area contributed by atoms with Crippen LogP contribution in [0.5, 0.6) is 0 Å². The first-order valence-electron chi connectivity index (χ1n) is 11.1. The van der Waals surface area contributed by atoms with Gasteiger partial charge in [-0.15, -0.1) is 0 Å². The van der Waals surface area contributed by atoms with Gasteiger partial charge in [0.2, 0.25) is 0 Å². The highest BCUT2D eigenvalue weighted by Gasteiger charge is 2.24. The zero-order valence-electron chi connectivity index (χ0n) is 19.6. The Morgan fingerprint density at radius 1 is 1.18 bits per heavy atom. The number of nitrogens with zero attached hydrogens (tertiary/aromatic N) is 3. The molecule has 1 amide bonds. The summed E-state index contributed by atoms with van der Waals surface area (Å²) in [5, 5.41) is 5.44. The molecule has 1 aliphatic rings. The summed E-state index contributed by atoms with van der Waals surface area (Å²) in [5.41, 5.74) is 18.5. The van der Waals surface area contributed by atoms with Crippen molar-refractivity contribution in [2.45, 2.75) is 32.8 Å². The van der Waals surface area contributed by atoms with Crippen LogP contribution in [0.2, 0.25) is 0 Å². The molecule has 0 saturated carbocycles. The second-order valence-electron chi connectivity index (χ2n) is 9.43. The quantitative estimate of drug-likeness (QED) is 0.452. The van der Waals surface area contributed by atoms with Gasteiger partial charge < -0.3 is 21.1 Å². The van der Waals surface area contributed by atoms with E-state index in [0.29, 0.717) is 24.5 Å². The van der Waals surface area contributed by atoms with E-state index in [0.717, 1.165) is 34.0 Å². The first-order chi connectivity index (χ1) is 15.6. The highest BCUT2D eigenvalue weighted by molar-refractivity contribution is 5.89. The minimum absolute atomic E-state index is 0.280. The fourth-order valence-electron chi connectivity index (χ4n) is 3.91. The Kier molecular flexibility index (Phi) is 5.89. The number of hydrogen-bond acceptors (Lipinski definition) is 5. The average molecular weight is 446 g/mol. The van der Waals surface area contributed by atoms with Gasteiger partial charge in [0.25, 0.3) is 0 Å². The van der Waals surface area contributed by atoms with Crippen LogP contribution in [0.4, 0.5) is 10.5 Å². The Labute approximate surface area is 194 Å². The van der Waals surface area contributed by atoms with Gasteiger partial charge in [0.05, 0.1) is 5.52 Å². The molecule has 7 heteroatoms. The molecule has 2 heterocycles. The van der Waals surface area contributed by atoms with Crippen molar-refractivity contribution in [3.63, 3.8) is 0 Å². The van der Waals surface area contributed by atoms with Crippen LogP contribution < -0.4 is 11.5 Å². The highest BCUT2D eigenvalue weighted by atomic mass is 16.6. The summed E-state index contributed by atoms with van der Waals surface area (Å²) in [6, 6.07) is 12.0. The van der Waals surface area contributed by atoms with Gasteiger partial charge in [0.1, 0.15) is 5.60 Å². The number of rotatable bonds is 3. The summed E-state index contributed by atoms with van der Waals surface area (Å²) in [4.78, 5) is 14.0. The minimum Gasteiger partial charge on any atom is -0.444 e. The van der Waals surface area contributed by atoms with Gasteiger partial charge in [0.15, 0.2) is 0 Å². The van der Waals surface area contributed by atoms with Gasteiger partial charge in [-0.3, -0.25) is 4.68 Å². The molecular formula is C26H31N5O2. The molecule has 4 rings (SSSR count). The Balaban J connectivity index is 1.49. The molecule has 2 aromatic carbocycles. The summed E-state index contributed by atoms with van der Waals surface area (Å²) >= 11 is 0. The second-order valence-corrected chi connectivity index (χ2v) is 9.43. The smallest absolute Gasteiger partial charge is 0.410 e. The van der Waals surface area contributed by atoms with Gasteiger partial charge in [-0.25, -0.2) is 4.79 Å². The lowest BCUT2D eigenvalue weighted by Gasteiger charge is -2.29. The molecule has 0 fully saturated rings. The van der Waals surface area contributed by atoms with Crippen LogP contribution in [0.3, 0.4) is 0 Å². The van der Waals surface area contributed by atoms with Crippen LogP contribution in [-0.2, 0) is 11.8 Å². The van der Waals surface area contributed by atoms with Crippen LogP contribution in [0.1, 0.15) is 43.9 Å². The van der Waals surface area contributed by atoms with E-state index >= 15 is 0 Å². The van der Waals surface area contributed by atoms with Crippen LogP contribution in [0, 0.1) is 0 Å². The number of ether oxygens (including phenoxy) is 1. The molecule has 0 spiro atoms. The van der Waals surface area contributed by atoms with E-state index in [1.165, 1.54) is 5.57 Å². The minimum atomic E-state index is -0.496. The first-order valence-corrected chi connectivity index (χ1v) is 11.1. The topological polar surface area (TPSA) is 99.4 Å². The number of nitrogens with two attached hydrogens (primary N) is 2. The number of benzene rings is 2. The third-order valence-electron chi connectivity index (χ3n) is 5.58. The van der Waals surface area contributed by atoms with Gasteiger partial charge in [0, 0.05) is 43.1 Å². The van der Waals surface area contributed by atoms with Crippen LogP contribution in [-0.4, -0.2) is 39.5 Å².